The lowest BCUT2D eigenvalue weighted by Crippen LogP contribution is -2.35. The summed E-state index contributed by atoms with van der Waals surface area (Å²) in [4.78, 5) is 38.7. The second-order valence-electron chi connectivity index (χ2n) is 6.67. The van der Waals surface area contributed by atoms with Crippen molar-refractivity contribution in [3.8, 4) is 0 Å². The van der Waals surface area contributed by atoms with Crippen LogP contribution >= 0.6 is 0 Å². The number of piperidine rings is 1. The Morgan fingerprint density at radius 3 is 2.79 bits per heavy atom. The second kappa shape index (κ2) is 7.59. The number of amides is 2. The summed E-state index contributed by atoms with van der Waals surface area (Å²) in [7, 11) is 0. The maximum absolute atomic E-state index is 12.4. The van der Waals surface area contributed by atoms with Gasteiger partial charge in [-0.15, -0.1) is 5.10 Å². The normalized spacial score (nSPS) is 14.3. The average Bonchev–Trinajstić information content (AvgIpc) is 2.71. The summed E-state index contributed by atoms with van der Waals surface area (Å²) in [6.07, 6.45) is 2.42. The Balaban J connectivity index is 1.50. The van der Waals surface area contributed by atoms with E-state index in [1.54, 1.807) is 47.4 Å². The van der Waals surface area contributed by atoms with Crippen molar-refractivity contribution in [2.24, 2.45) is 0 Å². The summed E-state index contributed by atoms with van der Waals surface area (Å²) in [5.41, 5.74) is 1.43. The Kier molecular flexibility index (Phi) is 4.84. The number of hydrogen-bond acceptors (Lipinski definition) is 5. The molecule has 0 aliphatic carbocycles. The summed E-state index contributed by atoms with van der Waals surface area (Å²) < 4.78 is 1.04. The van der Waals surface area contributed by atoms with Crippen LogP contribution in [-0.4, -0.2) is 33.4 Å². The summed E-state index contributed by atoms with van der Waals surface area (Å²) in [5, 5.41) is 11.0. The van der Waals surface area contributed by atoms with Crippen LogP contribution in [0.5, 0.6) is 0 Å². The van der Waals surface area contributed by atoms with Gasteiger partial charge in [0.1, 0.15) is 12.1 Å². The van der Waals surface area contributed by atoms with E-state index in [4.69, 9.17) is 0 Å². The molecule has 4 rings (SSSR count). The number of anilines is 2. The predicted octanol–water partition coefficient (Wildman–Crippen LogP) is 1.95. The van der Waals surface area contributed by atoms with Crippen molar-refractivity contribution in [3.05, 3.63) is 58.9 Å². The lowest BCUT2D eigenvalue weighted by atomic mass is 10.1. The van der Waals surface area contributed by atoms with Gasteiger partial charge < -0.3 is 10.2 Å². The third kappa shape index (κ3) is 3.62. The Morgan fingerprint density at radius 1 is 1.07 bits per heavy atom. The summed E-state index contributed by atoms with van der Waals surface area (Å²) in [6, 6.07) is 14.0. The van der Waals surface area contributed by atoms with Crippen molar-refractivity contribution in [3.63, 3.8) is 0 Å². The molecule has 3 aromatic rings. The molecule has 2 heterocycles. The van der Waals surface area contributed by atoms with E-state index in [1.807, 2.05) is 6.07 Å². The monoisotopic (exact) mass is 377 g/mol. The molecule has 1 fully saturated rings. The predicted molar refractivity (Wildman–Crippen MR) is 105 cm³/mol. The Labute approximate surface area is 160 Å². The van der Waals surface area contributed by atoms with Crippen LogP contribution in [0.1, 0.15) is 19.3 Å². The Hall–Kier alpha value is -3.55. The third-order valence-electron chi connectivity index (χ3n) is 4.69. The zero-order valence-electron chi connectivity index (χ0n) is 15.2. The first-order valence-corrected chi connectivity index (χ1v) is 9.15. The first kappa shape index (κ1) is 17.8. The molecule has 8 nitrogen and oxygen atoms in total. The number of fused-ring (bicyclic) bond motifs is 1. The highest BCUT2D eigenvalue weighted by Crippen LogP contribution is 2.23. The number of hydrogen-bond donors (Lipinski definition) is 1. The molecular weight excluding hydrogens is 358 g/mol. The molecule has 1 aliphatic rings. The molecule has 1 saturated heterocycles. The fourth-order valence-electron chi connectivity index (χ4n) is 3.29. The van der Waals surface area contributed by atoms with Gasteiger partial charge in [0.2, 0.25) is 11.8 Å². The molecule has 0 saturated carbocycles. The van der Waals surface area contributed by atoms with Crippen LogP contribution in [0.2, 0.25) is 0 Å². The number of rotatable bonds is 4. The Bertz CT molecular complexity index is 1110. The number of aromatic nitrogens is 3. The lowest BCUT2D eigenvalue weighted by molar-refractivity contribution is -0.119. The average molecular weight is 377 g/mol. The molecule has 0 unspecified atom stereocenters. The molecule has 142 valence electrons. The van der Waals surface area contributed by atoms with Crippen LogP contribution in [0.3, 0.4) is 0 Å². The largest absolute Gasteiger partial charge is 0.324 e. The molecule has 1 aliphatic heterocycles. The van der Waals surface area contributed by atoms with Gasteiger partial charge in [-0.3, -0.25) is 14.4 Å². The number of nitrogens with zero attached hydrogens (tertiary/aromatic N) is 4. The van der Waals surface area contributed by atoms with Crippen LogP contribution in [0.25, 0.3) is 10.9 Å². The highest BCUT2D eigenvalue weighted by Gasteiger charge is 2.20. The minimum atomic E-state index is -0.395. The smallest absolute Gasteiger partial charge is 0.278 e. The van der Waals surface area contributed by atoms with Gasteiger partial charge in [0.25, 0.3) is 5.56 Å². The van der Waals surface area contributed by atoms with Gasteiger partial charge in [-0.25, -0.2) is 4.68 Å². The maximum Gasteiger partial charge on any atom is 0.278 e. The van der Waals surface area contributed by atoms with E-state index in [0.717, 1.165) is 23.2 Å². The molecule has 0 radical (unpaired) electrons. The fourth-order valence-corrected chi connectivity index (χ4v) is 3.29. The molecule has 8 heteroatoms. The highest BCUT2D eigenvalue weighted by molar-refractivity contribution is 5.96. The number of carbonyl (C=O) groups is 2. The molecule has 0 atom stereocenters. The summed E-state index contributed by atoms with van der Waals surface area (Å²) in [5.74, 6) is -0.304. The zero-order chi connectivity index (χ0) is 19.5. The van der Waals surface area contributed by atoms with Crippen molar-refractivity contribution in [2.75, 3.05) is 16.8 Å². The van der Waals surface area contributed by atoms with E-state index in [-0.39, 0.29) is 18.0 Å². The quantitative estimate of drug-likeness (QED) is 0.749. The van der Waals surface area contributed by atoms with E-state index in [9.17, 15) is 14.4 Å². The van der Waals surface area contributed by atoms with E-state index in [0.29, 0.717) is 29.6 Å². The van der Waals surface area contributed by atoms with E-state index >= 15 is 0 Å². The van der Waals surface area contributed by atoms with E-state index < -0.39 is 5.91 Å². The Morgan fingerprint density at radius 2 is 1.93 bits per heavy atom. The highest BCUT2D eigenvalue weighted by atomic mass is 16.2. The standard InChI is InChI=1S/C20H19N5O3/c26-18(13-25-20(28)16-8-1-2-9-17(16)22-23-25)21-14-6-5-7-15(12-14)24-11-4-3-10-19(24)27/h1-2,5-9,12H,3-4,10-11,13H2,(H,21,26). The third-order valence-corrected chi connectivity index (χ3v) is 4.69. The van der Waals surface area contributed by atoms with Crippen molar-refractivity contribution < 1.29 is 9.59 Å². The number of carbonyl (C=O) groups excluding carboxylic acids is 2. The van der Waals surface area contributed by atoms with Crippen LogP contribution in [-0.2, 0) is 16.1 Å². The summed E-state index contributed by atoms with van der Waals surface area (Å²) in [6.45, 7) is 0.432. The molecule has 1 N–H and O–H groups in total. The van der Waals surface area contributed by atoms with Crippen molar-refractivity contribution in [2.45, 2.75) is 25.8 Å². The first-order valence-electron chi connectivity index (χ1n) is 9.15. The van der Waals surface area contributed by atoms with Gasteiger partial charge in [0.05, 0.1) is 5.39 Å². The zero-order valence-corrected chi connectivity index (χ0v) is 15.2. The second-order valence-corrected chi connectivity index (χ2v) is 6.67. The minimum Gasteiger partial charge on any atom is -0.324 e. The lowest BCUT2D eigenvalue weighted by Gasteiger charge is -2.27. The van der Waals surface area contributed by atoms with Gasteiger partial charge in [-0.05, 0) is 43.2 Å². The van der Waals surface area contributed by atoms with Crippen LogP contribution < -0.4 is 15.8 Å². The van der Waals surface area contributed by atoms with Crippen molar-refractivity contribution in [1.29, 1.82) is 0 Å². The van der Waals surface area contributed by atoms with E-state index in [2.05, 4.69) is 15.6 Å². The van der Waals surface area contributed by atoms with Gasteiger partial charge in [-0.2, -0.15) is 0 Å². The van der Waals surface area contributed by atoms with Crippen LogP contribution in [0.15, 0.2) is 53.3 Å². The molecule has 1 aromatic heterocycles. The van der Waals surface area contributed by atoms with Gasteiger partial charge in [0.15, 0.2) is 0 Å². The molecule has 2 aromatic carbocycles. The number of nitrogens with one attached hydrogen (secondary N) is 1. The maximum atomic E-state index is 12.4. The summed E-state index contributed by atoms with van der Waals surface area (Å²) >= 11 is 0. The molecule has 2 amide bonds. The van der Waals surface area contributed by atoms with Crippen LogP contribution in [0.4, 0.5) is 11.4 Å². The molecule has 0 spiro atoms. The van der Waals surface area contributed by atoms with Gasteiger partial charge >= 0.3 is 0 Å². The molecule has 0 bridgehead atoms. The minimum absolute atomic E-state index is 0.0905. The first-order chi connectivity index (χ1) is 13.6. The van der Waals surface area contributed by atoms with E-state index in [1.165, 1.54) is 0 Å². The SMILES string of the molecule is O=C(Cn1nnc2ccccc2c1=O)Nc1cccc(N2CCCCC2=O)c1. The van der Waals surface area contributed by atoms with Crippen molar-refractivity contribution >= 4 is 34.1 Å². The number of benzene rings is 2. The van der Waals surface area contributed by atoms with Crippen molar-refractivity contribution in [1.82, 2.24) is 15.0 Å². The fraction of sp³-hybridized carbons (Fsp3) is 0.250. The van der Waals surface area contributed by atoms with Gasteiger partial charge in [0, 0.05) is 24.3 Å². The van der Waals surface area contributed by atoms with Gasteiger partial charge in [-0.1, -0.05) is 23.4 Å². The van der Waals surface area contributed by atoms with Crippen LogP contribution in [0, 0.1) is 0 Å². The molecular formula is C20H19N5O3. The topological polar surface area (TPSA) is 97.2 Å². The molecule has 28 heavy (non-hydrogen) atoms.